The molecule has 2 aromatic rings. The molecule has 0 spiro atoms. The van der Waals surface area contributed by atoms with Crippen LogP contribution in [0.2, 0.25) is 0 Å². The first-order valence-electron chi connectivity index (χ1n) is 8.40. The van der Waals surface area contributed by atoms with Gasteiger partial charge in [0, 0.05) is 18.7 Å². The smallest absolute Gasteiger partial charge is 0.265 e. The summed E-state index contributed by atoms with van der Waals surface area (Å²) in [6.07, 6.45) is 1.34. The first-order chi connectivity index (χ1) is 12.3. The van der Waals surface area contributed by atoms with E-state index in [0.717, 1.165) is 17.5 Å². The minimum absolute atomic E-state index is 0.0563. The molecule has 1 aliphatic heterocycles. The molecule has 3 rings (SSSR count). The largest absolute Gasteiger partial charge is 0.495 e. The van der Waals surface area contributed by atoms with Crippen LogP contribution in [-0.4, -0.2) is 28.0 Å². The molecule has 6 nitrogen and oxygen atoms in total. The van der Waals surface area contributed by atoms with E-state index < -0.39 is 10.0 Å². The summed E-state index contributed by atoms with van der Waals surface area (Å²) in [6.45, 7) is 4.41. The Morgan fingerprint density at radius 2 is 1.85 bits per heavy atom. The third-order valence-corrected chi connectivity index (χ3v) is 5.96. The summed E-state index contributed by atoms with van der Waals surface area (Å²) in [5.41, 5.74) is 2.92. The summed E-state index contributed by atoms with van der Waals surface area (Å²) in [6, 6.07) is 10.2. The van der Waals surface area contributed by atoms with E-state index in [2.05, 4.69) is 4.72 Å². The molecule has 1 amide bonds. The summed E-state index contributed by atoms with van der Waals surface area (Å²) in [5.74, 6) is 0.354. The minimum atomic E-state index is -3.83. The van der Waals surface area contributed by atoms with Crippen LogP contribution in [0.3, 0.4) is 0 Å². The van der Waals surface area contributed by atoms with E-state index in [1.807, 2.05) is 13.8 Å². The summed E-state index contributed by atoms with van der Waals surface area (Å²) < 4.78 is 33.6. The molecule has 0 saturated carbocycles. The predicted molar refractivity (Wildman–Crippen MR) is 101 cm³/mol. The van der Waals surface area contributed by atoms with Gasteiger partial charge in [-0.25, -0.2) is 8.42 Å². The molecule has 1 saturated heterocycles. The summed E-state index contributed by atoms with van der Waals surface area (Å²) in [4.78, 5) is 13.7. The molecule has 0 unspecified atom stereocenters. The molecular formula is C19H22N2O4S. The fourth-order valence-electron chi connectivity index (χ4n) is 3.00. The van der Waals surface area contributed by atoms with Gasteiger partial charge >= 0.3 is 0 Å². The van der Waals surface area contributed by atoms with Crippen molar-refractivity contribution in [3.63, 3.8) is 0 Å². The highest BCUT2D eigenvalue weighted by Crippen LogP contribution is 2.30. The molecule has 1 N–H and O–H groups in total. The van der Waals surface area contributed by atoms with Crippen LogP contribution in [0.15, 0.2) is 41.3 Å². The van der Waals surface area contributed by atoms with Crippen LogP contribution in [0.5, 0.6) is 5.75 Å². The average Bonchev–Trinajstić information content (AvgIpc) is 3.02. The van der Waals surface area contributed by atoms with E-state index in [0.29, 0.717) is 30.1 Å². The van der Waals surface area contributed by atoms with Gasteiger partial charge < -0.3 is 9.64 Å². The Morgan fingerprint density at radius 3 is 2.50 bits per heavy atom. The molecule has 0 aromatic heterocycles. The van der Waals surface area contributed by atoms with E-state index in [4.69, 9.17) is 4.74 Å². The zero-order valence-electron chi connectivity index (χ0n) is 15.1. The molecule has 138 valence electrons. The van der Waals surface area contributed by atoms with Gasteiger partial charge in [-0.05, 0) is 61.7 Å². The lowest BCUT2D eigenvalue weighted by Crippen LogP contribution is -2.23. The number of nitrogens with one attached hydrogen (secondary N) is 1. The second kappa shape index (κ2) is 6.99. The molecule has 0 bridgehead atoms. The van der Waals surface area contributed by atoms with Gasteiger partial charge in [-0.2, -0.15) is 0 Å². The zero-order chi connectivity index (χ0) is 18.9. The maximum atomic E-state index is 12.9. The number of hydrogen-bond donors (Lipinski definition) is 1. The van der Waals surface area contributed by atoms with Crippen molar-refractivity contribution in [3.8, 4) is 5.75 Å². The molecule has 26 heavy (non-hydrogen) atoms. The lowest BCUT2D eigenvalue weighted by atomic mass is 10.1. The Labute approximate surface area is 153 Å². The fourth-order valence-corrected chi connectivity index (χ4v) is 4.29. The number of anilines is 2. The number of amides is 1. The van der Waals surface area contributed by atoms with Crippen LogP contribution in [0.25, 0.3) is 0 Å². The van der Waals surface area contributed by atoms with Crippen LogP contribution in [-0.2, 0) is 14.8 Å². The topological polar surface area (TPSA) is 75.7 Å². The highest BCUT2D eigenvalue weighted by molar-refractivity contribution is 7.92. The Bertz CT molecular complexity index is 954. The molecule has 0 radical (unpaired) electrons. The van der Waals surface area contributed by atoms with Gasteiger partial charge in [0.15, 0.2) is 0 Å². The minimum Gasteiger partial charge on any atom is -0.495 e. The second-order valence-corrected chi connectivity index (χ2v) is 8.04. The summed E-state index contributed by atoms with van der Waals surface area (Å²) in [7, 11) is -2.38. The van der Waals surface area contributed by atoms with Crippen LogP contribution >= 0.6 is 0 Å². The summed E-state index contributed by atoms with van der Waals surface area (Å²) >= 11 is 0. The maximum absolute atomic E-state index is 12.9. The first-order valence-corrected chi connectivity index (χ1v) is 9.88. The number of aryl methyl sites for hydroxylation is 2. The van der Waals surface area contributed by atoms with Gasteiger partial charge in [0.05, 0.1) is 12.8 Å². The van der Waals surface area contributed by atoms with Crippen molar-refractivity contribution in [1.29, 1.82) is 0 Å². The predicted octanol–water partition coefficient (Wildman–Crippen LogP) is 3.24. The number of carbonyl (C=O) groups excluding carboxylic acids is 1. The molecule has 1 aliphatic rings. The van der Waals surface area contributed by atoms with Crippen molar-refractivity contribution in [1.82, 2.24) is 0 Å². The van der Waals surface area contributed by atoms with Crippen LogP contribution in [0, 0.1) is 13.8 Å². The number of ether oxygens (including phenoxy) is 1. The Kier molecular flexibility index (Phi) is 4.91. The highest BCUT2D eigenvalue weighted by Gasteiger charge is 2.24. The molecule has 0 atom stereocenters. The second-order valence-electron chi connectivity index (χ2n) is 6.39. The van der Waals surface area contributed by atoms with E-state index in [9.17, 15) is 13.2 Å². The maximum Gasteiger partial charge on any atom is 0.265 e. The fraction of sp³-hybridized carbons (Fsp3) is 0.316. The van der Waals surface area contributed by atoms with Crippen molar-refractivity contribution in [3.05, 3.63) is 47.5 Å². The highest BCUT2D eigenvalue weighted by atomic mass is 32.2. The van der Waals surface area contributed by atoms with Crippen LogP contribution < -0.4 is 14.4 Å². The molecule has 1 fully saturated rings. The quantitative estimate of drug-likeness (QED) is 0.872. The van der Waals surface area contributed by atoms with Gasteiger partial charge in [0.2, 0.25) is 5.91 Å². The van der Waals surface area contributed by atoms with Gasteiger partial charge in [0.1, 0.15) is 10.6 Å². The standard InChI is InChI=1S/C19H22N2O4S/c1-13-10-17(25-3)18(11-14(13)2)26(23,24)20-15-6-4-7-16(12-15)21-9-5-8-19(21)22/h4,6-7,10-12,20H,5,8-9H2,1-3H3. The van der Waals surface area contributed by atoms with Gasteiger partial charge in [-0.3, -0.25) is 9.52 Å². The Balaban J connectivity index is 1.93. The molecule has 2 aromatic carbocycles. The Hall–Kier alpha value is -2.54. The molecule has 7 heteroatoms. The normalized spacial score (nSPS) is 14.6. The summed E-state index contributed by atoms with van der Waals surface area (Å²) in [5, 5.41) is 0. The van der Waals surface area contributed by atoms with Gasteiger partial charge in [-0.15, -0.1) is 0 Å². The zero-order valence-corrected chi connectivity index (χ0v) is 15.9. The SMILES string of the molecule is COc1cc(C)c(C)cc1S(=O)(=O)Nc1cccc(N2CCCC2=O)c1. The molecular weight excluding hydrogens is 352 g/mol. The van der Waals surface area contributed by atoms with E-state index in [1.165, 1.54) is 7.11 Å². The monoisotopic (exact) mass is 374 g/mol. The van der Waals surface area contributed by atoms with Crippen molar-refractivity contribution in [2.45, 2.75) is 31.6 Å². The average molecular weight is 374 g/mol. The number of nitrogens with zero attached hydrogens (tertiary/aromatic N) is 1. The lowest BCUT2D eigenvalue weighted by Gasteiger charge is -2.18. The number of methoxy groups -OCH3 is 1. The number of rotatable bonds is 5. The van der Waals surface area contributed by atoms with E-state index in [1.54, 1.807) is 41.3 Å². The third-order valence-electron chi connectivity index (χ3n) is 4.55. The molecule has 1 heterocycles. The molecule has 0 aliphatic carbocycles. The van der Waals surface area contributed by atoms with Gasteiger partial charge in [0.25, 0.3) is 10.0 Å². The van der Waals surface area contributed by atoms with Crippen molar-refractivity contribution in [2.75, 3.05) is 23.3 Å². The Morgan fingerprint density at radius 1 is 1.12 bits per heavy atom. The first kappa shape index (κ1) is 18.3. The lowest BCUT2D eigenvalue weighted by molar-refractivity contribution is -0.117. The number of benzene rings is 2. The van der Waals surface area contributed by atoms with Crippen molar-refractivity contribution >= 4 is 27.3 Å². The number of carbonyl (C=O) groups is 1. The van der Waals surface area contributed by atoms with Crippen LogP contribution in [0.4, 0.5) is 11.4 Å². The van der Waals surface area contributed by atoms with Crippen molar-refractivity contribution < 1.29 is 17.9 Å². The van der Waals surface area contributed by atoms with Crippen LogP contribution in [0.1, 0.15) is 24.0 Å². The van der Waals surface area contributed by atoms with E-state index in [-0.39, 0.29) is 10.8 Å². The third kappa shape index (κ3) is 3.53. The van der Waals surface area contributed by atoms with E-state index >= 15 is 0 Å². The number of sulfonamides is 1. The van der Waals surface area contributed by atoms with Gasteiger partial charge in [-0.1, -0.05) is 6.07 Å². The van der Waals surface area contributed by atoms with Crippen molar-refractivity contribution in [2.24, 2.45) is 0 Å². The number of hydrogen-bond acceptors (Lipinski definition) is 4.